The highest BCUT2D eigenvalue weighted by molar-refractivity contribution is 8.00. The average molecular weight is 1040 g/mol. The molecule has 14 atom stereocenters. The molecule has 0 aromatic heterocycles. The fourth-order valence-corrected chi connectivity index (χ4v) is 15.8. The van der Waals surface area contributed by atoms with Gasteiger partial charge in [0.25, 0.3) is 0 Å². The van der Waals surface area contributed by atoms with Gasteiger partial charge in [-0.15, -0.1) is 0 Å². The van der Waals surface area contributed by atoms with E-state index in [1.807, 2.05) is 26.2 Å². The molecule has 0 spiro atoms. The molecule has 2 saturated heterocycles. The maximum atomic E-state index is 15.1. The van der Waals surface area contributed by atoms with Crippen molar-refractivity contribution in [2.75, 3.05) is 32.6 Å². The van der Waals surface area contributed by atoms with Crippen LogP contribution in [0.1, 0.15) is 157 Å². The van der Waals surface area contributed by atoms with Crippen LogP contribution in [0.25, 0.3) is 0 Å². The number of imide groups is 1. The summed E-state index contributed by atoms with van der Waals surface area (Å²) in [5.41, 5.74) is 4.97. The number of aliphatic hydroxyl groups excluding tert-OH is 1. The Hall–Kier alpha value is -3.93. The molecule has 406 valence electrons. The fraction of sp³-hybridized carbons (Fsp3) is 0.786. The summed E-state index contributed by atoms with van der Waals surface area (Å²) < 4.78 is 18.6. The first-order chi connectivity index (χ1) is 34.8. The Kier molecular flexibility index (Phi) is 19.0. The molecule has 17 heteroatoms. The lowest BCUT2D eigenvalue weighted by Crippen LogP contribution is -2.59. The number of urea groups is 1. The van der Waals surface area contributed by atoms with Gasteiger partial charge in [-0.1, -0.05) is 65.5 Å². The molecule has 5 amide bonds. The number of hydrogen-bond donors (Lipinski definition) is 4. The van der Waals surface area contributed by atoms with E-state index in [9.17, 15) is 38.7 Å². The predicted molar refractivity (Wildman–Crippen MR) is 275 cm³/mol. The number of unbranched alkanes of at least 4 members (excludes halogenated alkanes) is 2. The molecule has 7 rings (SSSR count). The summed E-state index contributed by atoms with van der Waals surface area (Å²) in [6, 6.07) is -1.55. The van der Waals surface area contributed by atoms with E-state index < -0.39 is 53.3 Å². The number of allylic oxidation sites excluding steroid dienone is 4. The summed E-state index contributed by atoms with van der Waals surface area (Å²) in [6.07, 6.45) is 17.0. The lowest BCUT2D eigenvalue weighted by molar-refractivity contribution is -0.211. The lowest BCUT2D eigenvalue weighted by Gasteiger charge is -2.60. The average Bonchev–Trinajstić information content (AvgIpc) is 3.94. The van der Waals surface area contributed by atoms with Crippen LogP contribution in [0.4, 0.5) is 4.79 Å². The van der Waals surface area contributed by atoms with Gasteiger partial charge < -0.3 is 35.7 Å². The normalized spacial score (nSPS) is 34.4. The molecule has 2 aliphatic heterocycles. The number of likely N-dealkylation sites (tertiary alicyclic amines) is 1. The van der Waals surface area contributed by atoms with Gasteiger partial charge in [-0.3, -0.25) is 38.5 Å². The SMILES string of the molecule is CCCC1C[C@@H]2C[C@H]3[C@@H]4CCC5=CC(=O)C=C[C@]5(C)[C@H]4[C@@H](O)C[C@]3(C)[C@]2(C(=O)COC2CCCC(COC(=O)[C@H](CCCNC(N)=O)CC(=O)[C@@H](NC(=O)CCCCCN3C(=O)CC(SC)C3=O)C(C)C)O2)C1. The third kappa shape index (κ3) is 12.2. The number of rotatable bonds is 25. The molecule has 0 aromatic carbocycles. The van der Waals surface area contributed by atoms with Crippen molar-refractivity contribution in [1.82, 2.24) is 15.5 Å². The number of nitrogens with zero attached hydrogens (tertiary/aromatic N) is 1. The van der Waals surface area contributed by atoms with Crippen molar-refractivity contribution in [3.05, 3.63) is 23.8 Å². The van der Waals surface area contributed by atoms with Crippen LogP contribution in [0.2, 0.25) is 0 Å². The molecule has 4 unspecified atom stereocenters. The first-order valence-corrected chi connectivity index (χ1v) is 28.9. The van der Waals surface area contributed by atoms with Crippen LogP contribution in [0, 0.1) is 57.7 Å². The summed E-state index contributed by atoms with van der Waals surface area (Å²) in [7, 11) is 0. The van der Waals surface area contributed by atoms with Gasteiger partial charge in [0.1, 0.15) is 13.2 Å². The monoisotopic (exact) mass is 1040 g/mol. The van der Waals surface area contributed by atoms with Crippen LogP contribution >= 0.6 is 11.8 Å². The summed E-state index contributed by atoms with van der Waals surface area (Å²) in [5, 5.41) is 17.3. The topological polar surface area (TPSA) is 238 Å². The fourth-order valence-electron chi connectivity index (χ4n) is 15.1. The number of ether oxygens (including phenoxy) is 3. The van der Waals surface area contributed by atoms with Crippen LogP contribution in [0.15, 0.2) is 23.8 Å². The third-order valence-electron chi connectivity index (χ3n) is 18.6. The van der Waals surface area contributed by atoms with E-state index in [4.69, 9.17) is 19.9 Å². The van der Waals surface area contributed by atoms with E-state index in [2.05, 4.69) is 31.4 Å². The number of carbonyl (C=O) groups excluding carboxylic acids is 8. The zero-order valence-corrected chi connectivity index (χ0v) is 45.1. The molecule has 16 nitrogen and oxygen atoms in total. The Morgan fingerprint density at radius 2 is 1.81 bits per heavy atom. The molecule has 7 aliphatic rings. The van der Waals surface area contributed by atoms with Gasteiger partial charge in [0.05, 0.1) is 29.4 Å². The summed E-state index contributed by atoms with van der Waals surface area (Å²) in [4.78, 5) is 106. The van der Waals surface area contributed by atoms with E-state index in [1.54, 1.807) is 12.2 Å². The molecule has 0 bridgehead atoms. The Morgan fingerprint density at radius 1 is 1.03 bits per heavy atom. The van der Waals surface area contributed by atoms with E-state index in [-0.39, 0.29) is 121 Å². The van der Waals surface area contributed by atoms with Gasteiger partial charge >= 0.3 is 12.0 Å². The van der Waals surface area contributed by atoms with Gasteiger partial charge in [-0.25, -0.2) is 4.79 Å². The predicted octanol–water partition coefficient (Wildman–Crippen LogP) is 6.93. The molecule has 73 heavy (non-hydrogen) atoms. The van der Waals surface area contributed by atoms with Crippen molar-refractivity contribution in [1.29, 1.82) is 0 Å². The zero-order chi connectivity index (χ0) is 52.8. The van der Waals surface area contributed by atoms with Gasteiger partial charge in [-0.2, -0.15) is 11.8 Å². The number of hydrogen-bond acceptors (Lipinski definition) is 13. The van der Waals surface area contributed by atoms with Gasteiger partial charge in [0.2, 0.25) is 17.7 Å². The van der Waals surface area contributed by atoms with Crippen LogP contribution in [-0.4, -0.2) is 119 Å². The van der Waals surface area contributed by atoms with Crippen molar-refractivity contribution in [3.8, 4) is 0 Å². The zero-order valence-electron chi connectivity index (χ0n) is 44.3. The van der Waals surface area contributed by atoms with Crippen molar-refractivity contribution < 1.29 is 57.7 Å². The van der Waals surface area contributed by atoms with Gasteiger partial charge in [0, 0.05) is 49.1 Å². The highest BCUT2D eigenvalue weighted by Crippen LogP contribution is 2.75. The van der Waals surface area contributed by atoms with E-state index >= 15 is 4.79 Å². The number of fused-ring (bicyclic) bond motifs is 7. The number of esters is 1. The second kappa shape index (κ2) is 24.4. The van der Waals surface area contributed by atoms with Crippen LogP contribution < -0.4 is 16.4 Å². The Morgan fingerprint density at radius 3 is 2.52 bits per heavy atom. The second-order valence-corrected chi connectivity index (χ2v) is 24.4. The molecule has 4 saturated carbocycles. The minimum absolute atomic E-state index is 0.0124. The van der Waals surface area contributed by atoms with Gasteiger partial charge in [-0.05, 0) is 137 Å². The highest BCUT2D eigenvalue weighted by atomic mass is 32.2. The number of aliphatic hydroxyl groups is 1. The van der Waals surface area contributed by atoms with E-state index in [0.717, 1.165) is 56.9 Å². The number of primary amides is 1. The smallest absolute Gasteiger partial charge is 0.312 e. The minimum Gasteiger partial charge on any atom is -0.463 e. The largest absolute Gasteiger partial charge is 0.463 e. The third-order valence-corrected chi connectivity index (χ3v) is 19.5. The van der Waals surface area contributed by atoms with Crippen molar-refractivity contribution in [2.24, 2.45) is 63.4 Å². The van der Waals surface area contributed by atoms with Crippen molar-refractivity contribution in [2.45, 2.75) is 186 Å². The second-order valence-electron chi connectivity index (χ2n) is 23.4. The molecule has 2 heterocycles. The maximum Gasteiger partial charge on any atom is 0.312 e. The standard InChI is InChI=1S/C56H84N4O12S/c1-7-13-34-24-37-27-41-40-19-18-36-26-38(61)20-21-54(36,4)49(40)43(63)30-55(41,5)56(37,29-34)45(64)32-70-48-17-11-15-39(72-48)31-71-52(68)35(14-12-22-58-53(57)69)25-42(62)50(33(2)3)59-46(65)16-9-8-10-23-60-47(66)28-44(73-6)51(60)67/h20-21,26,33-35,37,39-41,43-44,48-50,63H,7-19,22-25,27-32H2,1-6H3,(H,59,65)(H3,57,58,69)/t34?,35-,37-,39?,40+,41+,43+,44?,48?,49-,50+,54+,55+,56-/m1/s1. The highest BCUT2D eigenvalue weighted by Gasteiger charge is 2.73. The molecule has 5 N–H and O–H groups in total. The van der Waals surface area contributed by atoms with E-state index in [1.165, 1.54) is 16.7 Å². The number of carbonyl (C=O) groups is 8. The van der Waals surface area contributed by atoms with E-state index in [0.29, 0.717) is 57.4 Å². The summed E-state index contributed by atoms with van der Waals surface area (Å²) in [5.74, 6) is -1.46. The Bertz CT molecular complexity index is 2150. The molecule has 5 aliphatic carbocycles. The lowest BCUT2D eigenvalue weighted by atomic mass is 9.44. The first-order valence-electron chi connectivity index (χ1n) is 27.6. The number of Topliss-reactive ketones (excluding diaryl/α,β-unsaturated/α-hetero) is 2. The van der Waals surface area contributed by atoms with Crippen LogP contribution in [0.3, 0.4) is 0 Å². The molecule has 0 radical (unpaired) electrons. The number of nitrogens with two attached hydrogens (primary N) is 1. The Balaban J connectivity index is 0.927. The molecule has 6 fully saturated rings. The van der Waals surface area contributed by atoms with Gasteiger partial charge in [0.15, 0.2) is 23.6 Å². The van der Waals surface area contributed by atoms with Crippen molar-refractivity contribution in [3.63, 3.8) is 0 Å². The van der Waals surface area contributed by atoms with Crippen molar-refractivity contribution >= 4 is 58.8 Å². The number of ketones is 3. The maximum absolute atomic E-state index is 15.1. The Labute approximate surface area is 436 Å². The van der Waals surface area contributed by atoms with Crippen LogP contribution in [0.5, 0.6) is 0 Å². The first kappa shape index (κ1) is 56.8. The quantitative estimate of drug-likeness (QED) is 0.0413. The summed E-state index contributed by atoms with van der Waals surface area (Å²) >= 11 is 1.37. The number of thioether (sulfide) groups is 1. The minimum atomic E-state index is -0.867. The number of nitrogens with one attached hydrogen (secondary N) is 2. The molecular weight excluding hydrogens is 953 g/mol. The molecule has 0 aromatic rings. The van der Waals surface area contributed by atoms with Crippen LogP contribution in [-0.2, 0) is 47.8 Å². The molecular formula is C56H84N4O12S. The summed E-state index contributed by atoms with van der Waals surface area (Å²) in [6.45, 7) is 10.6. The number of amides is 5.